The minimum atomic E-state index is -0.311. The van der Waals surface area contributed by atoms with E-state index >= 15 is 0 Å². The molecule has 2 aromatic carbocycles. The number of halogens is 2. The molecule has 0 aliphatic heterocycles. The summed E-state index contributed by atoms with van der Waals surface area (Å²) in [5.74, 6) is -0.509. The molecule has 2 N–H and O–H groups in total. The van der Waals surface area contributed by atoms with E-state index in [1.54, 1.807) is 0 Å². The van der Waals surface area contributed by atoms with Crippen LogP contribution >= 0.6 is 23.2 Å². The fourth-order valence-electron chi connectivity index (χ4n) is 2.02. The van der Waals surface area contributed by atoms with Gasteiger partial charge in [-0.15, -0.1) is 0 Å². The van der Waals surface area contributed by atoms with Gasteiger partial charge in [-0.3, -0.25) is 4.79 Å². The summed E-state index contributed by atoms with van der Waals surface area (Å²) in [5, 5.41) is 12.9. The molecule has 0 aromatic heterocycles. The molecule has 0 saturated carbocycles. The minimum absolute atomic E-state index is 0.0919. The molecule has 3 nitrogen and oxygen atoms in total. The molecule has 0 unspecified atom stereocenters. The number of hydrogen-bond donors (Lipinski definition) is 2. The predicted octanol–water partition coefficient (Wildman–Crippen LogP) is 4.57. The Morgan fingerprint density at radius 3 is 2.35 bits per heavy atom. The third kappa shape index (κ3) is 2.89. The van der Waals surface area contributed by atoms with Crippen molar-refractivity contribution < 1.29 is 9.90 Å². The Kier molecular flexibility index (Phi) is 4.21. The zero-order chi connectivity index (χ0) is 14.9. The van der Waals surface area contributed by atoms with E-state index in [2.05, 4.69) is 5.32 Å². The van der Waals surface area contributed by atoms with Crippen LogP contribution in [-0.4, -0.2) is 11.0 Å². The molecule has 20 heavy (non-hydrogen) atoms. The molecule has 2 rings (SSSR count). The Bertz CT molecular complexity index is 664. The van der Waals surface area contributed by atoms with Crippen LogP contribution in [0.3, 0.4) is 0 Å². The van der Waals surface area contributed by atoms with Crippen molar-refractivity contribution in [2.75, 3.05) is 5.32 Å². The van der Waals surface area contributed by atoms with Gasteiger partial charge in [0, 0.05) is 10.6 Å². The van der Waals surface area contributed by atoms with E-state index in [1.165, 1.54) is 12.1 Å². The maximum absolute atomic E-state index is 12.3. The largest absolute Gasteiger partial charge is 0.504 e. The number of hydrogen-bond acceptors (Lipinski definition) is 2. The molecule has 2 aromatic rings. The van der Waals surface area contributed by atoms with Crippen molar-refractivity contribution in [2.45, 2.75) is 13.8 Å². The van der Waals surface area contributed by atoms with Gasteiger partial charge in [0.1, 0.15) is 0 Å². The number of carbonyl (C=O) groups excluding carboxylic acids is 1. The molecule has 0 aliphatic rings. The summed E-state index contributed by atoms with van der Waals surface area (Å²) in [6, 6.07) is 8.45. The SMILES string of the molecule is Cc1cccc(C)c1C(=O)Nc1cc(Cl)cc(Cl)c1O. The highest BCUT2D eigenvalue weighted by Crippen LogP contribution is 2.35. The summed E-state index contributed by atoms with van der Waals surface area (Å²) in [7, 11) is 0. The summed E-state index contributed by atoms with van der Waals surface area (Å²) in [5.41, 5.74) is 2.48. The summed E-state index contributed by atoms with van der Waals surface area (Å²) in [4.78, 5) is 12.3. The quantitative estimate of drug-likeness (QED) is 0.798. The molecular formula is C15H13Cl2NO2. The van der Waals surface area contributed by atoms with E-state index in [0.717, 1.165) is 11.1 Å². The first-order valence-electron chi connectivity index (χ1n) is 5.95. The second-order valence-electron chi connectivity index (χ2n) is 4.50. The molecule has 0 spiro atoms. The number of anilines is 1. The van der Waals surface area contributed by atoms with Crippen LogP contribution < -0.4 is 5.32 Å². The van der Waals surface area contributed by atoms with Crippen LogP contribution in [0.1, 0.15) is 21.5 Å². The number of carbonyl (C=O) groups is 1. The summed E-state index contributed by atoms with van der Waals surface area (Å²) < 4.78 is 0. The zero-order valence-electron chi connectivity index (χ0n) is 11.0. The van der Waals surface area contributed by atoms with Crippen molar-refractivity contribution in [1.82, 2.24) is 0 Å². The van der Waals surface area contributed by atoms with E-state index in [0.29, 0.717) is 10.6 Å². The third-order valence-electron chi connectivity index (χ3n) is 2.98. The minimum Gasteiger partial charge on any atom is -0.504 e. The highest BCUT2D eigenvalue weighted by molar-refractivity contribution is 6.36. The Balaban J connectivity index is 2.38. The van der Waals surface area contributed by atoms with Gasteiger partial charge in [-0.05, 0) is 37.1 Å². The molecule has 0 fully saturated rings. The van der Waals surface area contributed by atoms with Crippen molar-refractivity contribution in [2.24, 2.45) is 0 Å². The number of benzene rings is 2. The van der Waals surface area contributed by atoms with Gasteiger partial charge in [0.2, 0.25) is 0 Å². The Morgan fingerprint density at radius 1 is 1.15 bits per heavy atom. The van der Waals surface area contributed by atoms with Crippen molar-refractivity contribution >= 4 is 34.8 Å². The third-order valence-corrected chi connectivity index (χ3v) is 3.49. The van der Waals surface area contributed by atoms with E-state index in [4.69, 9.17) is 23.2 Å². The molecule has 0 radical (unpaired) electrons. The number of aromatic hydroxyl groups is 1. The highest BCUT2D eigenvalue weighted by Gasteiger charge is 2.15. The number of amides is 1. The zero-order valence-corrected chi connectivity index (χ0v) is 12.5. The van der Waals surface area contributed by atoms with Gasteiger partial charge in [0.15, 0.2) is 5.75 Å². The number of phenolic OH excluding ortho intramolecular Hbond substituents is 1. The molecular weight excluding hydrogens is 297 g/mol. The van der Waals surface area contributed by atoms with Crippen LogP contribution in [0.4, 0.5) is 5.69 Å². The van der Waals surface area contributed by atoms with E-state index < -0.39 is 0 Å². The van der Waals surface area contributed by atoms with Gasteiger partial charge in [-0.2, -0.15) is 0 Å². The lowest BCUT2D eigenvalue weighted by Crippen LogP contribution is -2.15. The van der Waals surface area contributed by atoms with Crippen molar-refractivity contribution in [3.63, 3.8) is 0 Å². The first kappa shape index (κ1) is 14.7. The molecule has 0 bridgehead atoms. The summed E-state index contributed by atoms with van der Waals surface area (Å²) >= 11 is 11.7. The molecule has 0 atom stereocenters. The standard InChI is InChI=1S/C15H13Cl2NO2/c1-8-4-3-5-9(2)13(8)15(20)18-12-7-10(16)6-11(17)14(12)19/h3-7,19H,1-2H3,(H,18,20). The monoisotopic (exact) mass is 309 g/mol. The smallest absolute Gasteiger partial charge is 0.256 e. The average molecular weight is 310 g/mol. The Labute approximate surface area is 127 Å². The first-order valence-corrected chi connectivity index (χ1v) is 6.71. The molecule has 0 aliphatic carbocycles. The molecule has 104 valence electrons. The summed E-state index contributed by atoms with van der Waals surface area (Å²) in [6.45, 7) is 3.71. The molecule has 0 heterocycles. The fourth-order valence-corrected chi connectivity index (χ4v) is 2.51. The van der Waals surface area contributed by atoms with Gasteiger partial charge < -0.3 is 10.4 Å². The lowest BCUT2D eigenvalue weighted by atomic mass is 10.0. The molecule has 1 amide bonds. The van der Waals surface area contributed by atoms with Gasteiger partial charge >= 0.3 is 0 Å². The van der Waals surface area contributed by atoms with Crippen LogP contribution in [0.2, 0.25) is 10.0 Å². The maximum Gasteiger partial charge on any atom is 0.256 e. The lowest BCUT2D eigenvalue weighted by Gasteiger charge is -2.12. The lowest BCUT2D eigenvalue weighted by molar-refractivity contribution is 0.102. The van der Waals surface area contributed by atoms with Crippen LogP contribution in [0.15, 0.2) is 30.3 Å². The second kappa shape index (κ2) is 5.73. The topological polar surface area (TPSA) is 49.3 Å². The molecule has 5 heteroatoms. The first-order chi connectivity index (χ1) is 9.40. The number of nitrogens with one attached hydrogen (secondary N) is 1. The average Bonchev–Trinajstić information content (AvgIpc) is 2.35. The number of aryl methyl sites for hydroxylation is 2. The van der Waals surface area contributed by atoms with Crippen molar-refractivity contribution in [1.29, 1.82) is 0 Å². The van der Waals surface area contributed by atoms with E-state index in [-0.39, 0.29) is 22.4 Å². The van der Waals surface area contributed by atoms with Crippen LogP contribution in [0, 0.1) is 13.8 Å². The van der Waals surface area contributed by atoms with Crippen molar-refractivity contribution in [3.05, 3.63) is 57.1 Å². The number of rotatable bonds is 2. The van der Waals surface area contributed by atoms with Crippen LogP contribution in [-0.2, 0) is 0 Å². The van der Waals surface area contributed by atoms with Crippen molar-refractivity contribution in [3.8, 4) is 5.75 Å². The Morgan fingerprint density at radius 2 is 1.75 bits per heavy atom. The highest BCUT2D eigenvalue weighted by atomic mass is 35.5. The molecule has 0 saturated heterocycles. The van der Waals surface area contributed by atoms with E-state index in [9.17, 15) is 9.90 Å². The second-order valence-corrected chi connectivity index (χ2v) is 5.35. The summed E-state index contributed by atoms with van der Waals surface area (Å²) in [6.07, 6.45) is 0. The fraction of sp³-hybridized carbons (Fsp3) is 0.133. The van der Waals surface area contributed by atoms with Gasteiger partial charge in [0.25, 0.3) is 5.91 Å². The number of phenols is 1. The van der Waals surface area contributed by atoms with E-state index in [1.807, 2.05) is 32.0 Å². The van der Waals surface area contributed by atoms with Gasteiger partial charge in [0.05, 0.1) is 10.7 Å². The van der Waals surface area contributed by atoms with Gasteiger partial charge in [-0.1, -0.05) is 41.4 Å². The van der Waals surface area contributed by atoms with Gasteiger partial charge in [-0.25, -0.2) is 0 Å². The normalized spacial score (nSPS) is 10.4. The van der Waals surface area contributed by atoms with Crippen LogP contribution in [0.25, 0.3) is 0 Å². The maximum atomic E-state index is 12.3. The van der Waals surface area contributed by atoms with Crippen LogP contribution in [0.5, 0.6) is 5.75 Å². The Hall–Kier alpha value is -1.71. The predicted molar refractivity (Wildman–Crippen MR) is 82.0 cm³/mol.